The summed E-state index contributed by atoms with van der Waals surface area (Å²) in [5.74, 6) is 0.173. The van der Waals surface area contributed by atoms with Crippen LogP contribution in [-0.4, -0.2) is 31.0 Å². The molecule has 1 atom stereocenters. The standard InChI is InChI=1S/C14H22FNO2/c1-10(2)8-18-9-12(17)7-16-13-6-4-5-11(3)14(13)15/h4-6,10,12,16-17H,7-9H2,1-3H3. The fourth-order valence-corrected chi connectivity index (χ4v) is 1.51. The highest BCUT2D eigenvalue weighted by atomic mass is 19.1. The second-order valence-electron chi connectivity index (χ2n) is 4.90. The molecule has 0 heterocycles. The van der Waals surface area contributed by atoms with Gasteiger partial charge in [0.25, 0.3) is 0 Å². The van der Waals surface area contributed by atoms with Gasteiger partial charge < -0.3 is 15.2 Å². The summed E-state index contributed by atoms with van der Waals surface area (Å²) >= 11 is 0. The first kappa shape index (κ1) is 14.9. The summed E-state index contributed by atoms with van der Waals surface area (Å²) in [5.41, 5.74) is 1.00. The second kappa shape index (κ2) is 7.34. The molecule has 0 bridgehead atoms. The van der Waals surface area contributed by atoms with Crippen molar-refractivity contribution in [1.82, 2.24) is 0 Å². The van der Waals surface area contributed by atoms with Crippen LogP contribution in [0.15, 0.2) is 18.2 Å². The number of aliphatic hydroxyl groups excluding tert-OH is 1. The van der Waals surface area contributed by atoms with Gasteiger partial charge >= 0.3 is 0 Å². The van der Waals surface area contributed by atoms with Crippen molar-refractivity contribution >= 4 is 5.69 Å². The summed E-state index contributed by atoms with van der Waals surface area (Å²) in [6.07, 6.45) is -0.635. The molecule has 3 nitrogen and oxygen atoms in total. The molecule has 2 N–H and O–H groups in total. The van der Waals surface area contributed by atoms with E-state index in [0.29, 0.717) is 23.8 Å². The molecule has 1 aromatic rings. The van der Waals surface area contributed by atoms with E-state index in [2.05, 4.69) is 5.32 Å². The fraction of sp³-hybridized carbons (Fsp3) is 0.571. The van der Waals surface area contributed by atoms with Crippen molar-refractivity contribution in [3.05, 3.63) is 29.6 Å². The molecule has 0 saturated heterocycles. The molecule has 102 valence electrons. The summed E-state index contributed by atoms with van der Waals surface area (Å²) in [6, 6.07) is 5.15. The van der Waals surface area contributed by atoms with Gasteiger partial charge in [-0.3, -0.25) is 0 Å². The molecule has 4 heteroatoms. The third-order valence-corrected chi connectivity index (χ3v) is 2.48. The first-order valence-corrected chi connectivity index (χ1v) is 6.25. The van der Waals surface area contributed by atoms with Crippen molar-refractivity contribution in [1.29, 1.82) is 0 Å². The largest absolute Gasteiger partial charge is 0.389 e. The third-order valence-electron chi connectivity index (χ3n) is 2.48. The maximum absolute atomic E-state index is 13.6. The SMILES string of the molecule is Cc1cccc(NCC(O)COCC(C)C)c1F. The molecule has 0 aliphatic rings. The van der Waals surface area contributed by atoms with E-state index in [0.717, 1.165) is 0 Å². The van der Waals surface area contributed by atoms with Crippen molar-refractivity contribution in [3.63, 3.8) is 0 Å². The van der Waals surface area contributed by atoms with Crippen LogP contribution in [0.5, 0.6) is 0 Å². The number of halogens is 1. The summed E-state index contributed by atoms with van der Waals surface area (Å²) in [5, 5.41) is 12.6. The molecular formula is C14H22FNO2. The van der Waals surface area contributed by atoms with Crippen LogP contribution < -0.4 is 5.32 Å². The van der Waals surface area contributed by atoms with Gasteiger partial charge in [0.15, 0.2) is 0 Å². The number of aryl methyl sites for hydroxylation is 1. The first-order chi connectivity index (χ1) is 8.50. The lowest BCUT2D eigenvalue weighted by molar-refractivity contribution is 0.0317. The molecule has 0 spiro atoms. The van der Waals surface area contributed by atoms with Crippen LogP contribution >= 0.6 is 0 Å². The molecule has 0 aromatic heterocycles. The van der Waals surface area contributed by atoms with Crippen molar-refractivity contribution in [2.24, 2.45) is 5.92 Å². The molecule has 0 aliphatic carbocycles. The van der Waals surface area contributed by atoms with E-state index >= 15 is 0 Å². The Bertz CT molecular complexity index is 369. The molecule has 0 saturated carbocycles. The van der Waals surface area contributed by atoms with Gasteiger partial charge in [-0.1, -0.05) is 26.0 Å². The number of hydrogen-bond acceptors (Lipinski definition) is 3. The van der Waals surface area contributed by atoms with Crippen molar-refractivity contribution in [3.8, 4) is 0 Å². The van der Waals surface area contributed by atoms with Gasteiger partial charge in [-0.25, -0.2) is 4.39 Å². The Balaban J connectivity index is 2.33. The van der Waals surface area contributed by atoms with Crippen LogP contribution in [0, 0.1) is 18.7 Å². The van der Waals surface area contributed by atoms with E-state index in [1.54, 1.807) is 25.1 Å². The quantitative estimate of drug-likeness (QED) is 0.787. The number of hydrogen-bond donors (Lipinski definition) is 2. The lowest BCUT2D eigenvalue weighted by Gasteiger charge is -2.15. The fourth-order valence-electron chi connectivity index (χ4n) is 1.51. The Morgan fingerprint density at radius 2 is 2.06 bits per heavy atom. The lowest BCUT2D eigenvalue weighted by atomic mass is 10.2. The molecule has 18 heavy (non-hydrogen) atoms. The Morgan fingerprint density at radius 3 is 2.72 bits per heavy atom. The van der Waals surface area contributed by atoms with Crippen LogP contribution in [-0.2, 0) is 4.74 Å². The molecule has 1 aromatic carbocycles. The average Bonchev–Trinajstić information content (AvgIpc) is 2.30. The Labute approximate surface area is 108 Å². The Morgan fingerprint density at radius 1 is 1.33 bits per heavy atom. The summed E-state index contributed by atoms with van der Waals surface area (Å²) < 4.78 is 19.0. The molecule has 1 rings (SSSR count). The van der Waals surface area contributed by atoms with Crippen LogP contribution in [0.3, 0.4) is 0 Å². The monoisotopic (exact) mass is 255 g/mol. The maximum Gasteiger partial charge on any atom is 0.149 e. The number of rotatable bonds is 7. The number of nitrogens with one attached hydrogen (secondary N) is 1. The van der Waals surface area contributed by atoms with E-state index in [1.807, 2.05) is 13.8 Å². The zero-order valence-corrected chi connectivity index (χ0v) is 11.2. The van der Waals surface area contributed by atoms with Gasteiger partial charge in [-0.05, 0) is 24.5 Å². The summed E-state index contributed by atoms with van der Waals surface area (Å²) in [7, 11) is 0. The Kier molecular flexibility index (Phi) is 6.09. The molecule has 0 amide bonds. The minimum atomic E-state index is -0.635. The second-order valence-corrected chi connectivity index (χ2v) is 4.90. The van der Waals surface area contributed by atoms with Gasteiger partial charge in [0.2, 0.25) is 0 Å². The van der Waals surface area contributed by atoms with E-state index in [1.165, 1.54) is 0 Å². The Hall–Kier alpha value is -1.13. The van der Waals surface area contributed by atoms with Crippen molar-refractivity contribution in [2.75, 3.05) is 25.1 Å². The van der Waals surface area contributed by atoms with Crippen LogP contribution in [0.2, 0.25) is 0 Å². The summed E-state index contributed by atoms with van der Waals surface area (Å²) in [6.45, 7) is 6.97. The van der Waals surface area contributed by atoms with Gasteiger partial charge in [-0.15, -0.1) is 0 Å². The minimum Gasteiger partial charge on any atom is -0.389 e. The number of anilines is 1. The smallest absolute Gasteiger partial charge is 0.149 e. The van der Waals surface area contributed by atoms with Crippen LogP contribution in [0.1, 0.15) is 19.4 Å². The van der Waals surface area contributed by atoms with E-state index in [4.69, 9.17) is 4.74 Å². The highest BCUT2D eigenvalue weighted by Crippen LogP contribution is 2.16. The highest BCUT2D eigenvalue weighted by Gasteiger charge is 2.08. The average molecular weight is 255 g/mol. The van der Waals surface area contributed by atoms with Crippen LogP contribution in [0.25, 0.3) is 0 Å². The number of benzene rings is 1. The minimum absolute atomic E-state index is 0.263. The van der Waals surface area contributed by atoms with Gasteiger partial charge in [0.1, 0.15) is 5.82 Å². The zero-order chi connectivity index (χ0) is 13.5. The van der Waals surface area contributed by atoms with E-state index in [9.17, 15) is 9.50 Å². The zero-order valence-electron chi connectivity index (χ0n) is 11.2. The predicted molar refractivity (Wildman–Crippen MR) is 71.3 cm³/mol. The highest BCUT2D eigenvalue weighted by molar-refractivity contribution is 5.47. The number of ether oxygens (including phenoxy) is 1. The first-order valence-electron chi connectivity index (χ1n) is 6.25. The van der Waals surface area contributed by atoms with Gasteiger partial charge in [0.05, 0.1) is 18.4 Å². The summed E-state index contributed by atoms with van der Waals surface area (Å²) in [4.78, 5) is 0. The molecule has 0 aliphatic heterocycles. The lowest BCUT2D eigenvalue weighted by Crippen LogP contribution is -2.26. The molecular weight excluding hydrogens is 233 g/mol. The van der Waals surface area contributed by atoms with Gasteiger partial charge in [0, 0.05) is 13.2 Å². The van der Waals surface area contributed by atoms with Crippen molar-refractivity contribution < 1.29 is 14.2 Å². The van der Waals surface area contributed by atoms with Crippen molar-refractivity contribution in [2.45, 2.75) is 26.9 Å². The third kappa shape index (κ3) is 5.02. The maximum atomic E-state index is 13.6. The topological polar surface area (TPSA) is 41.5 Å². The molecule has 1 unspecified atom stereocenters. The van der Waals surface area contributed by atoms with E-state index in [-0.39, 0.29) is 19.0 Å². The van der Waals surface area contributed by atoms with E-state index < -0.39 is 6.10 Å². The predicted octanol–water partition coefficient (Wildman–Crippen LogP) is 2.58. The van der Waals surface area contributed by atoms with Gasteiger partial charge in [-0.2, -0.15) is 0 Å². The normalized spacial score (nSPS) is 12.8. The molecule has 0 radical (unpaired) electrons. The van der Waals surface area contributed by atoms with Crippen LogP contribution in [0.4, 0.5) is 10.1 Å². The number of aliphatic hydroxyl groups is 1. The molecule has 0 fully saturated rings.